The summed E-state index contributed by atoms with van der Waals surface area (Å²) in [6, 6.07) is 0. The molecule has 0 heterocycles. The average Bonchev–Trinajstić information content (AvgIpc) is 2.30. The van der Waals surface area contributed by atoms with Gasteiger partial charge in [0.2, 0.25) is 0 Å². The van der Waals surface area contributed by atoms with Gasteiger partial charge in [-0.25, -0.2) is 4.39 Å². The third-order valence-electron chi connectivity index (χ3n) is 3.34. The molecule has 0 aromatic rings. The zero-order valence-electron chi connectivity index (χ0n) is 11.1. The van der Waals surface area contributed by atoms with Crippen LogP contribution < -0.4 is 0 Å². The first kappa shape index (κ1) is 23.1. The fourth-order valence-corrected chi connectivity index (χ4v) is 4.08. The molecule has 0 aliphatic heterocycles. The van der Waals surface area contributed by atoms with Crippen molar-refractivity contribution in [1.82, 2.24) is 0 Å². The largest absolute Gasteiger partial charge is 0.796 e. The smallest absolute Gasteiger partial charge is 0.396 e. The predicted octanol–water partition coefficient (Wildman–Crippen LogP) is 3.49. The van der Waals surface area contributed by atoms with Crippen LogP contribution in [0.4, 0.5) is 61.5 Å². The molecule has 0 N–H and O–H groups in total. The number of alkyl halides is 14. The molecule has 18 heteroatoms. The Morgan fingerprint density at radius 1 is 0.615 bits per heavy atom. The minimum atomic E-state index is -10.1. The maximum Gasteiger partial charge on any atom is 0.396 e. The van der Waals surface area contributed by atoms with Crippen LogP contribution in [0.5, 0.6) is 0 Å². The van der Waals surface area contributed by atoms with Crippen molar-refractivity contribution in [3.63, 3.8) is 0 Å². The van der Waals surface area contributed by atoms with Crippen LogP contribution in [0, 0.1) is 0 Å². The lowest BCUT2D eigenvalue weighted by atomic mass is 9.80. The van der Waals surface area contributed by atoms with Crippen LogP contribution in [0.15, 0.2) is 0 Å². The minimum Gasteiger partial charge on any atom is -0.796 e. The Morgan fingerprint density at radius 3 is 1.08 bits per heavy atom. The predicted molar refractivity (Wildman–Crippen MR) is 49.2 cm³/mol. The van der Waals surface area contributed by atoms with Gasteiger partial charge < -0.3 is 13.3 Å². The number of hydrogen-bond acceptors (Lipinski definition) is 3. The van der Waals surface area contributed by atoms with Gasteiger partial charge in [-0.15, -0.1) is 0 Å². The van der Waals surface area contributed by atoms with Gasteiger partial charge in [0.05, 0.1) is 5.75 Å². The molecule has 158 valence electrons. The van der Waals surface area contributed by atoms with Gasteiger partial charge in [-0.05, 0) is 0 Å². The molecule has 1 saturated carbocycles. The number of sulfone groups is 3. The molecule has 0 amide bonds. The van der Waals surface area contributed by atoms with Gasteiger partial charge in [0, 0.05) is 0 Å². The topological polar surface area (TPSA) is 63.2 Å². The number of rotatable bonds is 2. The summed E-state index contributed by atoms with van der Waals surface area (Å²) in [7, 11) is -10.1. The maximum absolute atomic E-state index is 14.0. The quantitative estimate of drug-likeness (QED) is 0.613. The summed E-state index contributed by atoms with van der Waals surface area (Å²) in [5.41, 5.74) is 0. The minimum absolute atomic E-state index is 4.59. The van der Waals surface area contributed by atoms with E-state index in [-0.39, 0.29) is 0 Å². The summed E-state index contributed by atoms with van der Waals surface area (Å²) in [6.07, 6.45) is -6.68. The van der Waals surface area contributed by atoms with Gasteiger partial charge in [-0.1, -0.05) is 0 Å². The van der Waals surface area contributed by atoms with Crippen LogP contribution in [-0.2, 0) is 9.63 Å². The second-order valence-electron chi connectivity index (χ2n) is 5.18. The summed E-state index contributed by atoms with van der Waals surface area (Å²) in [5, 5.41) is -8.29. The van der Waals surface area contributed by atoms with Crippen molar-refractivity contribution < 1.29 is 74.8 Å². The normalized spacial score (nSPS) is 30.2. The molecule has 1 aliphatic rings. The first-order valence-electron chi connectivity index (χ1n) is 5.49. The Balaban J connectivity index is 4.09. The van der Waals surface area contributed by atoms with Crippen LogP contribution in [-0.4, -0.2) is 59.9 Å². The maximum atomic E-state index is 14.0. The van der Waals surface area contributed by atoms with E-state index in [1.54, 1.807) is 0 Å². The highest BCUT2D eigenvalue weighted by Crippen LogP contribution is 2.73. The average molecular weight is 444 g/mol. The molecule has 3 nitrogen and oxygen atoms in total. The van der Waals surface area contributed by atoms with E-state index >= 15 is 0 Å². The Kier molecular flexibility index (Phi) is 4.21. The second kappa shape index (κ2) is 4.73. The van der Waals surface area contributed by atoms with E-state index in [2.05, 4.69) is 0 Å². The Morgan fingerprint density at radius 2 is 0.846 bits per heavy atom. The highest BCUT2D eigenvalue weighted by atomic mass is 32.3. The lowest BCUT2D eigenvalue weighted by Crippen LogP contribution is -2.89. The fourth-order valence-electron chi connectivity index (χ4n) is 2.07. The molecule has 1 aliphatic carbocycles. The van der Waals surface area contributed by atoms with Crippen molar-refractivity contribution in [2.24, 2.45) is 0 Å². The molecule has 0 aromatic heterocycles. The van der Waals surface area contributed by atoms with Crippen LogP contribution in [0.2, 0.25) is 0 Å². The van der Waals surface area contributed by atoms with Gasteiger partial charge in [0.15, 0.2) is 0 Å². The lowest BCUT2D eigenvalue weighted by Gasteiger charge is -2.68. The standard InChI is InChI=1S/C8H4F14O3S/c9-2(10,11)1-26(23,24,25)8(22)6(18,19)4(14,15)3(12,13)5(16,17)7(8,20)21/h1H2,(H2,23,24,25)/p-2. The molecule has 0 radical (unpaired) electrons. The van der Waals surface area contributed by atoms with Crippen molar-refractivity contribution >= 4 is 9.63 Å². The Hall–Kier alpha value is -0.910. The monoisotopic (exact) mass is 444 g/mol. The van der Waals surface area contributed by atoms with E-state index < -0.39 is 56.2 Å². The van der Waals surface area contributed by atoms with Crippen molar-refractivity contribution in [3.8, 4) is 0 Å². The van der Waals surface area contributed by atoms with E-state index in [0.717, 1.165) is 0 Å². The lowest BCUT2D eigenvalue weighted by molar-refractivity contribution is -0.472. The summed E-state index contributed by atoms with van der Waals surface area (Å²) in [4.78, 5) is 0. The number of hydrogen-bond donors (Lipinski definition) is 0. The molecule has 0 saturated heterocycles. The zero-order chi connectivity index (χ0) is 21.7. The molecular formula is C8H2F14O3S-2. The summed E-state index contributed by atoms with van der Waals surface area (Å²) >= 11 is 0. The number of halogens is 14. The summed E-state index contributed by atoms with van der Waals surface area (Å²) in [6.45, 7) is 0. The van der Waals surface area contributed by atoms with Crippen LogP contribution in [0.1, 0.15) is 0 Å². The molecule has 0 aromatic carbocycles. The summed E-state index contributed by atoms with van der Waals surface area (Å²) in [5.74, 6) is -44.9. The third kappa shape index (κ3) is 2.17. The SMILES string of the molecule is O=S([O-])([O-])(CC(F)(F)F)C1(F)C(F)(F)C(F)(F)C(F)(F)C(F)(F)C1(F)F. The molecule has 0 spiro atoms. The van der Waals surface area contributed by atoms with Gasteiger partial charge in [-0.3, -0.25) is 0 Å². The van der Waals surface area contributed by atoms with E-state index in [4.69, 9.17) is 0 Å². The van der Waals surface area contributed by atoms with E-state index in [9.17, 15) is 74.8 Å². The molecule has 0 atom stereocenters. The molecule has 1 fully saturated rings. The van der Waals surface area contributed by atoms with Gasteiger partial charge in [0.25, 0.3) is 5.00 Å². The van der Waals surface area contributed by atoms with E-state index in [1.807, 2.05) is 0 Å². The summed E-state index contributed by atoms with van der Waals surface area (Å²) < 4.78 is 214. The molecule has 0 unspecified atom stereocenters. The molecule has 0 bridgehead atoms. The van der Waals surface area contributed by atoms with Crippen molar-refractivity contribution in [1.29, 1.82) is 0 Å². The molecule has 26 heavy (non-hydrogen) atoms. The van der Waals surface area contributed by atoms with Gasteiger partial charge in [-0.2, -0.15) is 66.7 Å². The van der Waals surface area contributed by atoms with Crippen molar-refractivity contribution in [2.45, 2.75) is 40.8 Å². The van der Waals surface area contributed by atoms with Crippen LogP contribution in [0.3, 0.4) is 0 Å². The first-order chi connectivity index (χ1) is 10.7. The highest BCUT2D eigenvalue weighted by Gasteiger charge is 3.02. The van der Waals surface area contributed by atoms with Crippen molar-refractivity contribution in [2.75, 3.05) is 5.75 Å². The van der Waals surface area contributed by atoms with Gasteiger partial charge in [0.1, 0.15) is 0 Å². The molecular weight excluding hydrogens is 442 g/mol. The highest BCUT2D eigenvalue weighted by molar-refractivity contribution is 8.11. The Labute approximate surface area is 132 Å². The molecule has 1 rings (SSSR count). The van der Waals surface area contributed by atoms with E-state index in [0.29, 0.717) is 0 Å². The third-order valence-corrected chi connectivity index (χ3v) is 5.77. The van der Waals surface area contributed by atoms with E-state index in [1.165, 1.54) is 0 Å². The first-order valence-corrected chi connectivity index (χ1v) is 7.48. The zero-order valence-corrected chi connectivity index (χ0v) is 11.9. The Bertz CT molecular complexity index is 642. The fraction of sp³-hybridized carbons (Fsp3) is 1.00. The van der Waals surface area contributed by atoms with Crippen molar-refractivity contribution in [3.05, 3.63) is 0 Å². The second-order valence-corrected chi connectivity index (χ2v) is 7.93. The van der Waals surface area contributed by atoms with Crippen LogP contribution in [0.25, 0.3) is 0 Å². The van der Waals surface area contributed by atoms with Gasteiger partial charge >= 0.3 is 35.8 Å². The van der Waals surface area contributed by atoms with Crippen LogP contribution >= 0.6 is 0 Å².